The van der Waals surface area contributed by atoms with E-state index in [1.165, 1.54) is 27.8 Å². The normalized spacial score (nSPS) is 14.2. The quantitative estimate of drug-likeness (QED) is 0.700. The average Bonchev–Trinajstić information content (AvgIpc) is 2.75. The maximum absolute atomic E-state index is 3.30. The molecule has 1 heteroatoms. The molecule has 1 nitrogen and oxygen atoms in total. The summed E-state index contributed by atoms with van der Waals surface area (Å²) in [6.45, 7) is 2.20. The van der Waals surface area contributed by atoms with Gasteiger partial charge in [-0.15, -0.1) is 0 Å². The fourth-order valence-electron chi connectivity index (χ4n) is 2.58. The third-order valence-corrected chi connectivity index (χ3v) is 3.76. The molecule has 1 unspecified atom stereocenters. The van der Waals surface area contributed by atoms with Gasteiger partial charge in [0, 0.05) is 6.04 Å². The van der Waals surface area contributed by atoms with E-state index in [1.807, 2.05) is 7.05 Å². The van der Waals surface area contributed by atoms with Crippen molar-refractivity contribution < 1.29 is 0 Å². The molecular formula is C16H17N. The molecule has 0 bridgehead atoms. The minimum absolute atomic E-state index is 0.410. The summed E-state index contributed by atoms with van der Waals surface area (Å²) in [6, 6.07) is 16.0. The Balaban J connectivity index is 2.11. The maximum atomic E-state index is 3.30. The molecule has 0 amide bonds. The molecule has 2 aromatic carbocycles. The maximum Gasteiger partial charge on any atom is 0.0289 e. The van der Waals surface area contributed by atoms with E-state index in [-0.39, 0.29) is 0 Å². The Hall–Kier alpha value is -1.60. The van der Waals surface area contributed by atoms with Crippen LogP contribution < -0.4 is 5.32 Å². The summed E-state index contributed by atoms with van der Waals surface area (Å²) in [4.78, 5) is 0. The first-order valence-electron chi connectivity index (χ1n) is 6.18. The van der Waals surface area contributed by atoms with E-state index in [4.69, 9.17) is 0 Å². The minimum Gasteiger partial charge on any atom is -0.313 e. The molecule has 17 heavy (non-hydrogen) atoms. The summed E-state index contributed by atoms with van der Waals surface area (Å²) in [6.07, 6.45) is 1.08. The molecule has 1 aliphatic rings. The van der Waals surface area contributed by atoms with Crippen molar-refractivity contribution in [3.8, 4) is 11.1 Å². The number of hydrogen-bond donors (Lipinski definition) is 1. The Bertz CT molecular complexity index is 557. The van der Waals surface area contributed by atoms with Gasteiger partial charge >= 0.3 is 0 Å². The Morgan fingerprint density at radius 1 is 1.00 bits per heavy atom. The van der Waals surface area contributed by atoms with Gasteiger partial charge in [0.05, 0.1) is 0 Å². The van der Waals surface area contributed by atoms with E-state index >= 15 is 0 Å². The predicted octanol–water partition coefficient (Wildman–Crippen LogP) is 3.54. The second kappa shape index (κ2) is 4.01. The van der Waals surface area contributed by atoms with E-state index in [9.17, 15) is 0 Å². The third kappa shape index (κ3) is 1.67. The van der Waals surface area contributed by atoms with Gasteiger partial charge in [-0.25, -0.2) is 0 Å². The molecule has 86 valence electrons. The zero-order valence-corrected chi connectivity index (χ0v) is 10.3. The summed E-state index contributed by atoms with van der Waals surface area (Å²) < 4.78 is 0. The molecule has 0 saturated heterocycles. The minimum atomic E-state index is 0.410. The van der Waals surface area contributed by atoms with Gasteiger partial charge in [-0.05, 0) is 54.3 Å². The fourth-order valence-corrected chi connectivity index (χ4v) is 2.58. The van der Waals surface area contributed by atoms with Crippen molar-refractivity contribution in [2.45, 2.75) is 19.4 Å². The monoisotopic (exact) mass is 223 g/mol. The summed E-state index contributed by atoms with van der Waals surface area (Å²) in [5, 5.41) is 3.30. The Labute approximate surface area is 102 Å². The van der Waals surface area contributed by atoms with Gasteiger partial charge < -0.3 is 5.32 Å². The average molecular weight is 223 g/mol. The van der Waals surface area contributed by atoms with E-state index in [0.717, 1.165) is 6.42 Å². The SMILES string of the molecule is CNC(C)c1ccc2c(c1)-c1ccccc1C2. The summed E-state index contributed by atoms with van der Waals surface area (Å²) >= 11 is 0. The Morgan fingerprint density at radius 2 is 1.76 bits per heavy atom. The summed E-state index contributed by atoms with van der Waals surface area (Å²) in [5.41, 5.74) is 7.10. The predicted molar refractivity (Wildman–Crippen MR) is 72.2 cm³/mol. The van der Waals surface area contributed by atoms with Crippen LogP contribution in [0.1, 0.15) is 29.7 Å². The lowest BCUT2D eigenvalue weighted by atomic mass is 10.00. The van der Waals surface area contributed by atoms with Crippen LogP contribution in [0.3, 0.4) is 0 Å². The van der Waals surface area contributed by atoms with Crippen molar-refractivity contribution in [1.82, 2.24) is 5.32 Å². The molecule has 0 radical (unpaired) electrons. The lowest BCUT2D eigenvalue weighted by Gasteiger charge is -2.12. The van der Waals surface area contributed by atoms with Crippen molar-refractivity contribution in [2.75, 3.05) is 7.05 Å². The zero-order chi connectivity index (χ0) is 11.8. The van der Waals surface area contributed by atoms with Crippen molar-refractivity contribution in [3.63, 3.8) is 0 Å². The second-order valence-electron chi connectivity index (χ2n) is 4.76. The van der Waals surface area contributed by atoms with Crippen LogP contribution in [0.5, 0.6) is 0 Å². The van der Waals surface area contributed by atoms with Crippen LogP contribution in [0, 0.1) is 0 Å². The van der Waals surface area contributed by atoms with Crippen LogP contribution >= 0.6 is 0 Å². The molecule has 0 spiro atoms. The van der Waals surface area contributed by atoms with Gasteiger partial charge in [0.1, 0.15) is 0 Å². The number of benzene rings is 2. The van der Waals surface area contributed by atoms with Crippen LogP contribution in [0.4, 0.5) is 0 Å². The number of hydrogen-bond acceptors (Lipinski definition) is 1. The van der Waals surface area contributed by atoms with Crippen LogP contribution in [0.2, 0.25) is 0 Å². The van der Waals surface area contributed by atoms with Crippen LogP contribution in [0.25, 0.3) is 11.1 Å². The van der Waals surface area contributed by atoms with Crippen molar-refractivity contribution in [2.24, 2.45) is 0 Å². The zero-order valence-electron chi connectivity index (χ0n) is 10.3. The molecule has 0 fully saturated rings. The third-order valence-electron chi connectivity index (χ3n) is 3.76. The molecule has 0 heterocycles. The lowest BCUT2D eigenvalue weighted by molar-refractivity contribution is 0.652. The van der Waals surface area contributed by atoms with Gasteiger partial charge in [0.2, 0.25) is 0 Å². The number of nitrogens with one attached hydrogen (secondary N) is 1. The highest BCUT2D eigenvalue weighted by molar-refractivity contribution is 5.77. The first-order valence-corrected chi connectivity index (χ1v) is 6.18. The van der Waals surface area contributed by atoms with Crippen LogP contribution in [-0.2, 0) is 6.42 Å². The molecule has 1 aliphatic carbocycles. The molecule has 3 rings (SSSR count). The van der Waals surface area contributed by atoms with Crippen LogP contribution in [0.15, 0.2) is 42.5 Å². The Morgan fingerprint density at radius 3 is 2.59 bits per heavy atom. The topological polar surface area (TPSA) is 12.0 Å². The van der Waals surface area contributed by atoms with Crippen LogP contribution in [-0.4, -0.2) is 7.05 Å². The van der Waals surface area contributed by atoms with Gasteiger partial charge in [-0.3, -0.25) is 0 Å². The molecular weight excluding hydrogens is 206 g/mol. The van der Waals surface area contributed by atoms with Gasteiger partial charge in [0.15, 0.2) is 0 Å². The van der Waals surface area contributed by atoms with E-state index < -0.39 is 0 Å². The molecule has 0 saturated carbocycles. The fraction of sp³-hybridized carbons (Fsp3) is 0.250. The van der Waals surface area contributed by atoms with E-state index in [0.29, 0.717) is 6.04 Å². The van der Waals surface area contributed by atoms with Gasteiger partial charge in [-0.1, -0.05) is 36.4 Å². The molecule has 1 atom stereocenters. The van der Waals surface area contributed by atoms with Gasteiger partial charge in [0.25, 0.3) is 0 Å². The molecule has 2 aromatic rings. The number of rotatable bonds is 2. The first kappa shape index (κ1) is 10.5. The Kier molecular flexibility index (Phi) is 2.49. The highest BCUT2D eigenvalue weighted by Gasteiger charge is 2.18. The van der Waals surface area contributed by atoms with Gasteiger partial charge in [-0.2, -0.15) is 0 Å². The number of fused-ring (bicyclic) bond motifs is 3. The van der Waals surface area contributed by atoms with E-state index in [2.05, 4.69) is 54.7 Å². The largest absolute Gasteiger partial charge is 0.313 e. The standard InChI is InChI=1S/C16H17N/c1-11(17-2)12-7-8-14-9-13-5-3-4-6-15(13)16(14)10-12/h3-8,10-11,17H,9H2,1-2H3. The first-order chi connectivity index (χ1) is 8.29. The highest BCUT2D eigenvalue weighted by Crippen LogP contribution is 2.37. The molecule has 1 N–H and O–H groups in total. The van der Waals surface area contributed by atoms with Crippen molar-refractivity contribution in [3.05, 3.63) is 59.2 Å². The van der Waals surface area contributed by atoms with E-state index in [1.54, 1.807) is 0 Å². The van der Waals surface area contributed by atoms with Crippen molar-refractivity contribution in [1.29, 1.82) is 0 Å². The second-order valence-corrected chi connectivity index (χ2v) is 4.76. The smallest absolute Gasteiger partial charge is 0.0289 e. The summed E-state index contributed by atoms with van der Waals surface area (Å²) in [5.74, 6) is 0. The molecule has 0 aliphatic heterocycles. The molecule has 0 aromatic heterocycles. The lowest BCUT2D eigenvalue weighted by Crippen LogP contribution is -2.12. The summed E-state index contributed by atoms with van der Waals surface area (Å²) in [7, 11) is 2.01. The highest BCUT2D eigenvalue weighted by atomic mass is 14.8. The van der Waals surface area contributed by atoms with Crippen molar-refractivity contribution >= 4 is 0 Å².